The van der Waals surface area contributed by atoms with E-state index in [1.54, 1.807) is 23.1 Å². The predicted molar refractivity (Wildman–Crippen MR) is 93.4 cm³/mol. The van der Waals surface area contributed by atoms with Crippen LogP contribution in [-0.4, -0.2) is 26.3 Å². The van der Waals surface area contributed by atoms with Crippen LogP contribution in [0.4, 0.5) is 5.69 Å². The molecule has 0 aliphatic carbocycles. The van der Waals surface area contributed by atoms with Gasteiger partial charge < -0.3 is 4.74 Å². The Bertz CT molecular complexity index is 859. The molecule has 0 saturated heterocycles. The van der Waals surface area contributed by atoms with Gasteiger partial charge in [-0.2, -0.15) is 5.10 Å². The summed E-state index contributed by atoms with van der Waals surface area (Å²) in [6.45, 7) is 3.30. The lowest BCUT2D eigenvalue weighted by Gasteiger charge is -2.08. The number of rotatable bonds is 7. The third-order valence-electron chi connectivity index (χ3n) is 3.76. The molecular formula is C18H18N4O3. The molecule has 128 valence electrons. The van der Waals surface area contributed by atoms with Crippen LogP contribution in [-0.2, 0) is 6.54 Å². The molecule has 0 unspecified atom stereocenters. The number of para-hydroxylation sites is 1. The van der Waals surface area contributed by atoms with Crippen molar-refractivity contribution in [3.8, 4) is 17.1 Å². The molecule has 3 aromatic rings. The first-order valence-corrected chi connectivity index (χ1v) is 7.96. The molecule has 0 amide bonds. The summed E-state index contributed by atoms with van der Waals surface area (Å²) in [6.07, 6.45) is 2.46. The first kappa shape index (κ1) is 16.6. The van der Waals surface area contributed by atoms with Gasteiger partial charge >= 0.3 is 0 Å². The molecule has 0 aliphatic heterocycles. The fourth-order valence-electron chi connectivity index (χ4n) is 2.39. The topological polar surface area (TPSA) is 83.1 Å². The van der Waals surface area contributed by atoms with Gasteiger partial charge in [0.05, 0.1) is 11.5 Å². The predicted octanol–water partition coefficient (Wildman–Crippen LogP) is 3.63. The number of benzene rings is 2. The summed E-state index contributed by atoms with van der Waals surface area (Å²) in [4.78, 5) is 14.5. The van der Waals surface area contributed by atoms with E-state index in [0.717, 1.165) is 23.3 Å². The van der Waals surface area contributed by atoms with Crippen molar-refractivity contribution in [1.29, 1.82) is 0 Å². The number of hydrogen-bond donors (Lipinski definition) is 0. The van der Waals surface area contributed by atoms with Crippen LogP contribution in [0.5, 0.6) is 5.75 Å². The molecule has 25 heavy (non-hydrogen) atoms. The minimum Gasteiger partial charge on any atom is -0.493 e. The number of non-ortho nitro benzene ring substituents is 1. The van der Waals surface area contributed by atoms with Gasteiger partial charge in [0.1, 0.15) is 12.1 Å². The summed E-state index contributed by atoms with van der Waals surface area (Å²) in [5.74, 6) is 1.45. The third-order valence-corrected chi connectivity index (χ3v) is 3.76. The van der Waals surface area contributed by atoms with E-state index < -0.39 is 4.92 Å². The van der Waals surface area contributed by atoms with Gasteiger partial charge in [-0.1, -0.05) is 18.2 Å². The molecule has 7 heteroatoms. The van der Waals surface area contributed by atoms with Crippen molar-refractivity contribution in [3.05, 3.63) is 70.5 Å². The number of nitro benzene ring substituents is 1. The van der Waals surface area contributed by atoms with Crippen molar-refractivity contribution in [2.45, 2.75) is 19.9 Å². The highest BCUT2D eigenvalue weighted by molar-refractivity contribution is 5.56. The maximum Gasteiger partial charge on any atom is 0.269 e. The van der Waals surface area contributed by atoms with Crippen molar-refractivity contribution in [2.24, 2.45) is 0 Å². The van der Waals surface area contributed by atoms with Crippen LogP contribution in [0.2, 0.25) is 0 Å². The summed E-state index contributed by atoms with van der Waals surface area (Å²) in [7, 11) is 0. The van der Waals surface area contributed by atoms with E-state index >= 15 is 0 Å². The minimum atomic E-state index is -0.426. The molecule has 1 aromatic heterocycles. The van der Waals surface area contributed by atoms with Crippen LogP contribution < -0.4 is 4.74 Å². The molecule has 0 N–H and O–H groups in total. The van der Waals surface area contributed by atoms with Crippen molar-refractivity contribution in [1.82, 2.24) is 14.8 Å². The number of aromatic nitrogens is 3. The zero-order valence-corrected chi connectivity index (χ0v) is 13.8. The van der Waals surface area contributed by atoms with Gasteiger partial charge in [-0.05, 0) is 30.7 Å². The summed E-state index contributed by atoms with van der Waals surface area (Å²) in [5, 5.41) is 15.1. The van der Waals surface area contributed by atoms with Crippen LogP contribution in [0.15, 0.2) is 54.9 Å². The minimum absolute atomic E-state index is 0.0523. The van der Waals surface area contributed by atoms with Gasteiger partial charge in [-0.3, -0.25) is 14.8 Å². The lowest BCUT2D eigenvalue weighted by atomic mass is 10.2. The van der Waals surface area contributed by atoms with Gasteiger partial charge in [-0.25, -0.2) is 4.98 Å². The van der Waals surface area contributed by atoms with Crippen molar-refractivity contribution >= 4 is 5.69 Å². The lowest BCUT2D eigenvalue weighted by molar-refractivity contribution is -0.384. The Morgan fingerprint density at radius 3 is 2.64 bits per heavy atom. The van der Waals surface area contributed by atoms with Gasteiger partial charge in [-0.15, -0.1) is 0 Å². The second kappa shape index (κ2) is 7.57. The van der Waals surface area contributed by atoms with E-state index in [2.05, 4.69) is 10.1 Å². The molecular weight excluding hydrogens is 320 g/mol. The molecule has 0 spiro atoms. The van der Waals surface area contributed by atoms with Crippen LogP contribution in [0.1, 0.15) is 12.0 Å². The third kappa shape index (κ3) is 4.20. The van der Waals surface area contributed by atoms with Crippen LogP contribution in [0.3, 0.4) is 0 Å². The Morgan fingerprint density at radius 1 is 1.16 bits per heavy atom. The van der Waals surface area contributed by atoms with Gasteiger partial charge in [0.2, 0.25) is 0 Å². The maximum atomic E-state index is 10.7. The molecule has 7 nitrogen and oxygen atoms in total. The van der Waals surface area contributed by atoms with Crippen molar-refractivity contribution in [3.63, 3.8) is 0 Å². The van der Waals surface area contributed by atoms with Gasteiger partial charge in [0, 0.05) is 30.7 Å². The number of nitro groups is 1. The standard InChI is InChI=1S/C18H18N4O3/c1-14-5-2-3-6-17(14)25-12-4-11-21-13-19-18(20-21)15-7-9-16(10-8-15)22(23)24/h2-3,5-10,13H,4,11-12H2,1H3. The highest BCUT2D eigenvalue weighted by atomic mass is 16.6. The Kier molecular flexibility index (Phi) is 5.03. The average molecular weight is 338 g/mol. The first-order valence-electron chi connectivity index (χ1n) is 7.96. The largest absolute Gasteiger partial charge is 0.493 e. The van der Waals surface area contributed by atoms with E-state index in [9.17, 15) is 10.1 Å². The first-order chi connectivity index (χ1) is 12.1. The fraction of sp³-hybridized carbons (Fsp3) is 0.222. The molecule has 0 atom stereocenters. The monoisotopic (exact) mass is 338 g/mol. The lowest BCUT2D eigenvalue weighted by Crippen LogP contribution is -2.05. The summed E-state index contributed by atoms with van der Waals surface area (Å²) in [6, 6.07) is 14.1. The quantitative estimate of drug-likeness (QED) is 0.373. The summed E-state index contributed by atoms with van der Waals surface area (Å²) in [5.41, 5.74) is 1.92. The molecule has 0 fully saturated rings. The maximum absolute atomic E-state index is 10.7. The van der Waals surface area contributed by atoms with E-state index in [1.807, 2.05) is 31.2 Å². The smallest absolute Gasteiger partial charge is 0.269 e. The Balaban J connectivity index is 1.53. The average Bonchev–Trinajstić information content (AvgIpc) is 3.09. The number of ether oxygens (including phenoxy) is 1. The number of nitrogens with zero attached hydrogens (tertiary/aromatic N) is 4. The highest BCUT2D eigenvalue weighted by Gasteiger charge is 2.08. The Labute approximate surface area is 145 Å². The molecule has 3 rings (SSSR count). The zero-order chi connectivity index (χ0) is 17.6. The molecule has 0 saturated carbocycles. The van der Waals surface area contributed by atoms with E-state index in [0.29, 0.717) is 19.0 Å². The van der Waals surface area contributed by atoms with Crippen molar-refractivity contribution in [2.75, 3.05) is 6.61 Å². The second-order valence-electron chi connectivity index (χ2n) is 5.60. The van der Waals surface area contributed by atoms with Crippen molar-refractivity contribution < 1.29 is 9.66 Å². The highest BCUT2D eigenvalue weighted by Crippen LogP contribution is 2.19. The molecule has 0 bridgehead atoms. The van der Waals surface area contributed by atoms with Crippen LogP contribution >= 0.6 is 0 Å². The van der Waals surface area contributed by atoms with Gasteiger partial charge in [0.25, 0.3) is 5.69 Å². The summed E-state index contributed by atoms with van der Waals surface area (Å²) < 4.78 is 7.51. The second-order valence-corrected chi connectivity index (χ2v) is 5.60. The molecule has 1 heterocycles. The fourth-order valence-corrected chi connectivity index (χ4v) is 2.39. The number of hydrogen-bond acceptors (Lipinski definition) is 5. The molecule has 0 aliphatic rings. The molecule has 0 radical (unpaired) electrons. The Hall–Kier alpha value is -3.22. The summed E-state index contributed by atoms with van der Waals surface area (Å²) >= 11 is 0. The van der Waals surface area contributed by atoms with Crippen LogP contribution in [0, 0.1) is 17.0 Å². The van der Waals surface area contributed by atoms with E-state index in [4.69, 9.17) is 4.74 Å². The normalized spacial score (nSPS) is 10.6. The Morgan fingerprint density at radius 2 is 1.92 bits per heavy atom. The number of aryl methyl sites for hydroxylation is 2. The van der Waals surface area contributed by atoms with Gasteiger partial charge in [0.15, 0.2) is 5.82 Å². The SMILES string of the molecule is Cc1ccccc1OCCCn1cnc(-c2ccc([N+](=O)[O-])cc2)n1. The molecule has 2 aromatic carbocycles. The van der Waals surface area contributed by atoms with E-state index in [-0.39, 0.29) is 5.69 Å². The van der Waals surface area contributed by atoms with E-state index in [1.165, 1.54) is 12.1 Å². The van der Waals surface area contributed by atoms with Crippen LogP contribution in [0.25, 0.3) is 11.4 Å². The zero-order valence-electron chi connectivity index (χ0n) is 13.8.